The van der Waals surface area contributed by atoms with Crippen molar-refractivity contribution in [3.05, 3.63) is 63.6 Å². The van der Waals surface area contributed by atoms with Gasteiger partial charge >= 0.3 is 0 Å². The number of ether oxygens (including phenoxy) is 1. The zero-order valence-electron chi connectivity index (χ0n) is 11.5. The molecular weight excluding hydrogens is 293 g/mol. The van der Waals surface area contributed by atoms with Gasteiger partial charge in [0.15, 0.2) is 0 Å². The van der Waals surface area contributed by atoms with Crippen LogP contribution < -0.4 is 10.1 Å². The Morgan fingerprint density at radius 3 is 2.40 bits per heavy atom. The van der Waals surface area contributed by atoms with Gasteiger partial charge in [0.1, 0.15) is 5.75 Å². The molecule has 2 aromatic carbocycles. The normalized spacial score (nSPS) is 12.2. The minimum Gasteiger partial charge on any atom is -0.494 e. The van der Waals surface area contributed by atoms with Crippen LogP contribution in [0.2, 0.25) is 10.0 Å². The molecule has 0 spiro atoms. The number of nitrogens with one attached hydrogen (secondary N) is 1. The number of hydrogen-bond acceptors (Lipinski definition) is 2. The van der Waals surface area contributed by atoms with Gasteiger partial charge in [-0.1, -0.05) is 35.3 Å². The Kier molecular flexibility index (Phi) is 5.30. The highest BCUT2D eigenvalue weighted by molar-refractivity contribution is 6.33. The summed E-state index contributed by atoms with van der Waals surface area (Å²) in [7, 11) is 1.90. The van der Waals surface area contributed by atoms with Gasteiger partial charge in [0, 0.05) is 10.0 Å². The van der Waals surface area contributed by atoms with Crippen molar-refractivity contribution in [1.82, 2.24) is 5.32 Å². The Morgan fingerprint density at radius 2 is 1.80 bits per heavy atom. The highest BCUT2D eigenvalue weighted by Crippen LogP contribution is 2.31. The predicted octanol–water partition coefficient (Wildman–Crippen LogP) is 4.70. The Morgan fingerprint density at radius 1 is 1.10 bits per heavy atom. The molecule has 1 N–H and O–H groups in total. The SMILES string of the molecule is CCOc1ccc(C(NC)c2cc(Cl)ccc2Cl)cc1. The summed E-state index contributed by atoms with van der Waals surface area (Å²) in [4.78, 5) is 0. The summed E-state index contributed by atoms with van der Waals surface area (Å²) in [5, 5.41) is 4.64. The third kappa shape index (κ3) is 3.45. The molecule has 106 valence electrons. The van der Waals surface area contributed by atoms with E-state index in [0.717, 1.165) is 16.9 Å². The van der Waals surface area contributed by atoms with Gasteiger partial charge in [-0.2, -0.15) is 0 Å². The van der Waals surface area contributed by atoms with Gasteiger partial charge in [-0.25, -0.2) is 0 Å². The van der Waals surface area contributed by atoms with Crippen molar-refractivity contribution in [3.63, 3.8) is 0 Å². The van der Waals surface area contributed by atoms with E-state index in [4.69, 9.17) is 27.9 Å². The Labute approximate surface area is 129 Å². The molecule has 0 radical (unpaired) electrons. The fourth-order valence-electron chi connectivity index (χ4n) is 2.16. The molecule has 1 unspecified atom stereocenters. The van der Waals surface area contributed by atoms with Crippen molar-refractivity contribution in [3.8, 4) is 5.75 Å². The highest BCUT2D eigenvalue weighted by Gasteiger charge is 2.15. The molecule has 0 bridgehead atoms. The maximum Gasteiger partial charge on any atom is 0.119 e. The van der Waals surface area contributed by atoms with E-state index in [1.807, 2.05) is 50.4 Å². The monoisotopic (exact) mass is 309 g/mol. The van der Waals surface area contributed by atoms with Crippen LogP contribution in [0.25, 0.3) is 0 Å². The lowest BCUT2D eigenvalue weighted by atomic mass is 9.99. The lowest BCUT2D eigenvalue weighted by Gasteiger charge is -2.19. The van der Waals surface area contributed by atoms with E-state index in [1.165, 1.54) is 0 Å². The quantitative estimate of drug-likeness (QED) is 0.864. The van der Waals surface area contributed by atoms with Crippen molar-refractivity contribution in [2.75, 3.05) is 13.7 Å². The van der Waals surface area contributed by atoms with Crippen LogP contribution in [0.5, 0.6) is 5.75 Å². The second kappa shape index (κ2) is 6.98. The molecule has 2 nitrogen and oxygen atoms in total. The second-order valence-corrected chi connectivity index (χ2v) is 5.23. The minimum atomic E-state index is -0.00289. The molecule has 4 heteroatoms. The van der Waals surface area contributed by atoms with Crippen molar-refractivity contribution in [2.45, 2.75) is 13.0 Å². The molecule has 0 heterocycles. The first-order valence-electron chi connectivity index (χ1n) is 6.50. The smallest absolute Gasteiger partial charge is 0.119 e. The summed E-state index contributed by atoms with van der Waals surface area (Å²) >= 11 is 12.3. The highest BCUT2D eigenvalue weighted by atomic mass is 35.5. The molecule has 0 saturated carbocycles. The molecule has 20 heavy (non-hydrogen) atoms. The van der Waals surface area contributed by atoms with E-state index >= 15 is 0 Å². The number of halogens is 2. The maximum atomic E-state index is 6.28. The Hall–Kier alpha value is -1.22. The molecule has 0 saturated heterocycles. The van der Waals surface area contributed by atoms with Crippen LogP contribution in [0.1, 0.15) is 24.1 Å². The van der Waals surface area contributed by atoms with Crippen LogP contribution in [0.4, 0.5) is 0 Å². The van der Waals surface area contributed by atoms with E-state index in [9.17, 15) is 0 Å². The number of hydrogen-bond donors (Lipinski definition) is 1. The average Bonchev–Trinajstić information content (AvgIpc) is 2.45. The van der Waals surface area contributed by atoms with Crippen LogP contribution in [0.3, 0.4) is 0 Å². The molecule has 0 amide bonds. The van der Waals surface area contributed by atoms with Crippen LogP contribution in [-0.4, -0.2) is 13.7 Å². The average molecular weight is 310 g/mol. The standard InChI is InChI=1S/C16H17Cl2NO/c1-3-20-13-7-4-11(5-8-13)16(19-2)14-10-12(17)6-9-15(14)18/h4-10,16,19H,3H2,1-2H3. The molecule has 0 aliphatic heterocycles. The first-order chi connectivity index (χ1) is 9.65. The van der Waals surface area contributed by atoms with Crippen LogP contribution in [0.15, 0.2) is 42.5 Å². The summed E-state index contributed by atoms with van der Waals surface area (Å²) in [5.74, 6) is 0.864. The van der Waals surface area contributed by atoms with Gasteiger partial charge in [0.25, 0.3) is 0 Å². The van der Waals surface area contributed by atoms with Gasteiger partial charge in [-0.05, 0) is 55.4 Å². The lowest BCUT2D eigenvalue weighted by molar-refractivity contribution is 0.340. The van der Waals surface area contributed by atoms with Gasteiger partial charge < -0.3 is 10.1 Å². The second-order valence-electron chi connectivity index (χ2n) is 4.39. The summed E-state index contributed by atoms with van der Waals surface area (Å²) in [6.07, 6.45) is 0. The molecule has 2 rings (SSSR count). The predicted molar refractivity (Wildman–Crippen MR) is 85.0 cm³/mol. The molecule has 1 atom stereocenters. The molecule has 0 aliphatic carbocycles. The molecule has 0 fully saturated rings. The summed E-state index contributed by atoms with van der Waals surface area (Å²) in [6.45, 7) is 2.63. The van der Waals surface area contributed by atoms with Crippen molar-refractivity contribution in [2.24, 2.45) is 0 Å². The molecule has 2 aromatic rings. The van der Waals surface area contributed by atoms with Gasteiger partial charge in [-0.3, -0.25) is 0 Å². The van der Waals surface area contributed by atoms with Gasteiger partial charge in [-0.15, -0.1) is 0 Å². The van der Waals surface area contributed by atoms with Crippen molar-refractivity contribution < 1.29 is 4.74 Å². The first-order valence-corrected chi connectivity index (χ1v) is 7.26. The maximum absolute atomic E-state index is 6.28. The Bertz CT molecular complexity index is 569. The number of rotatable bonds is 5. The van der Waals surface area contributed by atoms with Gasteiger partial charge in [0.2, 0.25) is 0 Å². The zero-order chi connectivity index (χ0) is 14.5. The summed E-state index contributed by atoms with van der Waals surface area (Å²) in [5.41, 5.74) is 2.07. The van der Waals surface area contributed by atoms with Crippen molar-refractivity contribution in [1.29, 1.82) is 0 Å². The minimum absolute atomic E-state index is 0.00289. The topological polar surface area (TPSA) is 21.3 Å². The molecular formula is C16H17Cl2NO. The molecule has 0 aliphatic rings. The molecule has 0 aromatic heterocycles. The third-order valence-electron chi connectivity index (χ3n) is 3.08. The van der Waals surface area contributed by atoms with E-state index in [0.29, 0.717) is 16.7 Å². The summed E-state index contributed by atoms with van der Waals surface area (Å²) < 4.78 is 5.46. The number of benzene rings is 2. The lowest BCUT2D eigenvalue weighted by Crippen LogP contribution is -2.18. The summed E-state index contributed by atoms with van der Waals surface area (Å²) in [6, 6.07) is 13.5. The van der Waals surface area contributed by atoms with Crippen LogP contribution >= 0.6 is 23.2 Å². The fourth-order valence-corrected chi connectivity index (χ4v) is 2.57. The van der Waals surface area contributed by atoms with Crippen LogP contribution in [-0.2, 0) is 0 Å². The zero-order valence-corrected chi connectivity index (χ0v) is 13.0. The van der Waals surface area contributed by atoms with E-state index in [-0.39, 0.29) is 6.04 Å². The van der Waals surface area contributed by atoms with Crippen molar-refractivity contribution >= 4 is 23.2 Å². The Balaban J connectivity index is 2.34. The van der Waals surface area contributed by atoms with Crippen LogP contribution in [0, 0.1) is 0 Å². The fraction of sp³-hybridized carbons (Fsp3) is 0.250. The third-order valence-corrected chi connectivity index (χ3v) is 3.66. The first kappa shape index (κ1) is 15.2. The van der Waals surface area contributed by atoms with E-state index in [2.05, 4.69) is 5.32 Å². The van der Waals surface area contributed by atoms with Gasteiger partial charge in [0.05, 0.1) is 12.6 Å². The van der Waals surface area contributed by atoms with E-state index in [1.54, 1.807) is 6.07 Å². The van der Waals surface area contributed by atoms with E-state index < -0.39 is 0 Å². The largest absolute Gasteiger partial charge is 0.494 e.